The molecule has 18 heavy (non-hydrogen) atoms. The lowest BCUT2D eigenvalue weighted by atomic mass is 9.96. The maximum Gasteiger partial charge on any atom is 0.277 e. The fourth-order valence-electron chi connectivity index (χ4n) is 1.66. The van der Waals surface area contributed by atoms with Gasteiger partial charge < -0.3 is 15.0 Å². The third-order valence-electron chi connectivity index (χ3n) is 2.99. The van der Waals surface area contributed by atoms with E-state index < -0.39 is 0 Å². The number of ether oxygens (including phenoxy) is 1. The van der Waals surface area contributed by atoms with Crippen LogP contribution >= 0.6 is 11.3 Å². The Hall–Kier alpha value is -1.31. The van der Waals surface area contributed by atoms with Crippen molar-refractivity contribution < 1.29 is 9.26 Å². The number of nitrogens with zero attached hydrogens (tertiary/aromatic N) is 3. The molecule has 1 aliphatic rings. The molecule has 2 N–H and O–H groups in total. The van der Waals surface area contributed by atoms with Crippen LogP contribution in [0.2, 0.25) is 0 Å². The van der Waals surface area contributed by atoms with E-state index in [0.29, 0.717) is 30.1 Å². The van der Waals surface area contributed by atoms with E-state index in [4.69, 9.17) is 15.0 Å². The van der Waals surface area contributed by atoms with E-state index in [-0.39, 0.29) is 6.04 Å². The summed E-state index contributed by atoms with van der Waals surface area (Å²) in [6.07, 6.45) is 3.86. The lowest BCUT2D eigenvalue weighted by Crippen LogP contribution is -2.27. The fourth-order valence-corrected chi connectivity index (χ4v) is 2.19. The predicted molar refractivity (Wildman–Crippen MR) is 65.9 cm³/mol. The van der Waals surface area contributed by atoms with Gasteiger partial charge in [0.1, 0.15) is 5.69 Å². The smallest absolute Gasteiger partial charge is 0.277 e. The van der Waals surface area contributed by atoms with Gasteiger partial charge >= 0.3 is 0 Å². The van der Waals surface area contributed by atoms with E-state index in [1.165, 1.54) is 17.8 Å². The first-order valence-corrected chi connectivity index (χ1v) is 6.86. The van der Waals surface area contributed by atoms with Crippen LogP contribution in [0.25, 0.3) is 11.6 Å². The molecule has 0 radical (unpaired) electrons. The van der Waals surface area contributed by atoms with Gasteiger partial charge in [-0.15, -0.1) is 11.3 Å². The number of hydrogen-bond acceptors (Lipinski definition) is 7. The Balaban J connectivity index is 1.61. The average molecular weight is 266 g/mol. The lowest BCUT2D eigenvalue weighted by molar-refractivity contribution is -0.00549. The first-order valence-electron chi connectivity index (χ1n) is 5.92. The Kier molecular flexibility index (Phi) is 3.35. The zero-order valence-corrected chi connectivity index (χ0v) is 10.6. The van der Waals surface area contributed by atoms with Crippen molar-refractivity contribution in [2.24, 2.45) is 5.73 Å². The molecule has 2 aromatic heterocycles. The molecule has 7 heteroatoms. The summed E-state index contributed by atoms with van der Waals surface area (Å²) in [6.45, 7) is 0.431. The summed E-state index contributed by atoms with van der Waals surface area (Å²) < 4.78 is 10.8. The molecule has 1 saturated carbocycles. The molecule has 2 heterocycles. The Labute approximate surface area is 108 Å². The van der Waals surface area contributed by atoms with Crippen LogP contribution in [-0.4, -0.2) is 27.8 Å². The van der Waals surface area contributed by atoms with Gasteiger partial charge in [0, 0.05) is 5.38 Å². The molecule has 0 bridgehead atoms. The van der Waals surface area contributed by atoms with Gasteiger partial charge in [0.15, 0.2) is 5.82 Å². The Morgan fingerprint density at radius 1 is 1.56 bits per heavy atom. The highest BCUT2D eigenvalue weighted by Gasteiger charge is 2.21. The van der Waals surface area contributed by atoms with Crippen LogP contribution < -0.4 is 5.73 Å². The molecule has 0 aromatic carbocycles. The van der Waals surface area contributed by atoms with Crippen molar-refractivity contribution in [3.63, 3.8) is 0 Å². The van der Waals surface area contributed by atoms with E-state index in [0.717, 1.165) is 12.8 Å². The van der Waals surface area contributed by atoms with Crippen LogP contribution in [0.4, 0.5) is 0 Å². The van der Waals surface area contributed by atoms with Crippen LogP contribution in [0.3, 0.4) is 0 Å². The number of rotatable bonds is 5. The second-order valence-corrected chi connectivity index (χ2v) is 5.04. The van der Waals surface area contributed by atoms with Gasteiger partial charge in [0.25, 0.3) is 5.89 Å². The summed E-state index contributed by atoms with van der Waals surface area (Å²) in [5, 5.41) is 5.72. The van der Waals surface area contributed by atoms with Gasteiger partial charge in [-0.05, 0) is 19.3 Å². The summed E-state index contributed by atoms with van der Waals surface area (Å²) >= 11 is 1.48. The monoisotopic (exact) mass is 266 g/mol. The van der Waals surface area contributed by atoms with Gasteiger partial charge in [0.2, 0.25) is 0 Å². The van der Waals surface area contributed by atoms with Crippen LogP contribution in [-0.2, 0) is 4.74 Å². The van der Waals surface area contributed by atoms with Crippen molar-refractivity contribution in [2.45, 2.75) is 31.4 Å². The topological polar surface area (TPSA) is 87.1 Å². The van der Waals surface area contributed by atoms with Crippen molar-refractivity contribution in [3.05, 3.63) is 16.7 Å². The highest BCUT2D eigenvalue weighted by atomic mass is 32.1. The third-order valence-corrected chi connectivity index (χ3v) is 3.57. The fraction of sp³-hybridized carbons (Fsp3) is 0.545. The van der Waals surface area contributed by atoms with Gasteiger partial charge in [-0.2, -0.15) is 4.98 Å². The SMILES string of the molecule is NC(COC1CCC1)c1noc(-c2cscn2)n1. The third kappa shape index (κ3) is 2.43. The van der Waals surface area contributed by atoms with Crippen molar-refractivity contribution >= 4 is 11.3 Å². The number of nitrogens with two attached hydrogens (primary N) is 1. The summed E-state index contributed by atoms with van der Waals surface area (Å²) in [4.78, 5) is 8.34. The largest absolute Gasteiger partial charge is 0.376 e. The Morgan fingerprint density at radius 3 is 3.11 bits per heavy atom. The van der Waals surface area contributed by atoms with Crippen molar-refractivity contribution in [1.82, 2.24) is 15.1 Å². The number of thiazole rings is 1. The van der Waals surface area contributed by atoms with E-state index in [1.807, 2.05) is 5.38 Å². The van der Waals surface area contributed by atoms with Crippen LogP contribution in [0, 0.1) is 0 Å². The quantitative estimate of drug-likeness (QED) is 0.887. The highest BCUT2D eigenvalue weighted by molar-refractivity contribution is 7.07. The molecule has 6 nitrogen and oxygen atoms in total. The zero-order valence-electron chi connectivity index (χ0n) is 9.78. The van der Waals surface area contributed by atoms with Gasteiger partial charge in [-0.1, -0.05) is 5.16 Å². The minimum Gasteiger partial charge on any atom is -0.376 e. The molecule has 2 aromatic rings. The second kappa shape index (κ2) is 5.13. The number of aromatic nitrogens is 3. The lowest BCUT2D eigenvalue weighted by Gasteiger charge is -2.26. The van der Waals surface area contributed by atoms with E-state index in [9.17, 15) is 0 Å². The standard InChI is InChI=1S/C11H14N4O2S/c12-8(4-16-7-2-1-3-7)10-14-11(17-15-10)9-5-18-6-13-9/h5-8H,1-4,12H2. The second-order valence-electron chi connectivity index (χ2n) is 4.32. The zero-order chi connectivity index (χ0) is 12.4. The van der Waals surface area contributed by atoms with E-state index in [2.05, 4.69) is 15.1 Å². The summed E-state index contributed by atoms with van der Waals surface area (Å²) in [5.74, 6) is 0.877. The van der Waals surface area contributed by atoms with Gasteiger partial charge in [-0.25, -0.2) is 4.98 Å². The summed E-state index contributed by atoms with van der Waals surface area (Å²) in [7, 11) is 0. The molecule has 1 atom stereocenters. The molecule has 1 aliphatic carbocycles. The maximum atomic E-state index is 5.96. The van der Waals surface area contributed by atoms with Gasteiger partial charge in [-0.3, -0.25) is 0 Å². The van der Waals surface area contributed by atoms with Crippen LogP contribution in [0.5, 0.6) is 0 Å². The summed E-state index contributed by atoms with van der Waals surface area (Å²) in [5.41, 5.74) is 8.37. The minimum absolute atomic E-state index is 0.346. The molecule has 96 valence electrons. The first-order chi connectivity index (χ1) is 8.83. The van der Waals surface area contributed by atoms with Gasteiger partial charge in [0.05, 0.1) is 24.3 Å². The molecule has 0 amide bonds. The molecule has 0 saturated heterocycles. The highest BCUT2D eigenvalue weighted by Crippen LogP contribution is 2.23. The average Bonchev–Trinajstić information content (AvgIpc) is 2.97. The molecule has 3 rings (SSSR count). The minimum atomic E-state index is -0.346. The molecular formula is C11H14N4O2S. The van der Waals surface area contributed by atoms with Crippen LogP contribution in [0.1, 0.15) is 31.1 Å². The van der Waals surface area contributed by atoms with Crippen molar-refractivity contribution in [1.29, 1.82) is 0 Å². The molecule has 1 fully saturated rings. The van der Waals surface area contributed by atoms with E-state index in [1.54, 1.807) is 5.51 Å². The molecule has 1 unspecified atom stereocenters. The number of hydrogen-bond donors (Lipinski definition) is 1. The Morgan fingerprint density at radius 2 is 2.44 bits per heavy atom. The molecule has 0 aliphatic heterocycles. The maximum absolute atomic E-state index is 5.96. The van der Waals surface area contributed by atoms with Crippen molar-refractivity contribution in [3.8, 4) is 11.6 Å². The first kappa shape index (κ1) is 11.8. The van der Waals surface area contributed by atoms with Crippen molar-refractivity contribution in [2.75, 3.05) is 6.61 Å². The summed E-state index contributed by atoms with van der Waals surface area (Å²) in [6, 6.07) is -0.346. The molecular weight excluding hydrogens is 252 g/mol. The van der Waals surface area contributed by atoms with Crippen LogP contribution in [0.15, 0.2) is 15.4 Å². The molecule has 0 spiro atoms. The predicted octanol–water partition coefficient (Wildman–Crippen LogP) is 1.76. The van der Waals surface area contributed by atoms with E-state index >= 15 is 0 Å². The normalized spacial score (nSPS) is 17.6. The Bertz CT molecular complexity index is 495.